The van der Waals surface area contributed by atoms with Crippen molar-refractivity contribution in [1.82, 2.24) is 0 Å². The van der Waals surface area contributed by atoms with E-state index in [0.29, 0.717) is 22.8 Å². The van der Waals surface area contributed by atoms with E-state index in [1.165, 1.54) is 11.0 Å². The van der Waals surface area contributed by atoms with Crippen LogP contribution >= 0.6 is 15.9 Å². The summed E-state index contributed by atoms with van der Waals surface area (Å²) in [6, 6.07) is 14.3. The van der Waals surface area contributed by atoms with E-state index in [-0.39, 0.29) is 25.5 Å². The zero-order chi connectivity index (χ0) is 20.8. The molecular weight excluding hydrogens is 438 g/mol. The Bertz CT molecular complexity index is 974. The van der Waals surface area contributed by atoms with Crippen LogP contribution in [0.25, 0.3) is 0 Å². The highest BCUT2D eigenvalue weighted by Crippen LogP contribution is 2.30. The predicted molar refractivity (Wildman–Crippen MR) is 115 cm³/mol. The summed E-state index contributed by atoms with van der Waals surface area (Å²) in [5, 5.41) is 5.88. The molecule has 0 aliphatic carbocycles. The van der Waals surface area contributed by atoms with Crippen molar-refractivity contribution in [3.8, 4) is 0 Å². The summed E-state index contributed by atoms with van der Waals surface area (Å²) < 4.78 is 5.80. The topological polar surface area (TPSA) is 87.7 Å². The number of esters is 1. The first-order chi connectivity index (χ1) is 14.0. The van der Waals surface area contributed by atoms with Gasteiger partial charge in [0.1, 0.15) is 6.54 Å². The number of para-hydroxylation sites is 2. The second-order valence-corrected chi connectivity index (χ2v) is 7.19. The standard InChI is InChI=1S/C21H20BrN3O4/c1-2-29-21(28)12-16-11-20(27)25(18-9-4-3-8-17(18)23-16)13-19(26)24-15-7-5-6-14(22)10-15/h3-11,23H,2,12-13H2,1H3,(H,24,26). The lowest BCUT2D eigenvalue weighted by Gasteiger charge is -2.21. The third kappa shape index (κ3) is 5.45. The Kier molecular flexibility index (Phi) is 6.66. The molecule has 0 radical (unpaired) electrons. The summed E-state index contributed by atoms with van der Waals surface area (Å²) >= 11 is 3.36. The van der Waals surface area contributed by atoms with Crippen LogP contribution in [0.3, 0.4) is 0 Å². The molecule has 1 heterocycles. The van der Waals surface area contributed by atoms with Gasteiger partial charge in [0.15, 0.2) is 0 Å². The fourth-order valence-corrected chi connectivity index (χ4v) is 3.30. The number of amides is 2. The Labute approximate surface area is 176 Å². The van der Waals surface area contributed by atoms with Crippen LogP contribution < -0.4 is 15.5 Å². The summed E-state index contributed by atoms with van der Waals surface area (Å²) in [7, 11) is 0. The maximum atomic E-state index is 12.8. The van der Waals surface area contributed by atoms with Crippen molar-refractivity contribution < 1.29 is 19.1 Å². The number of anilines is 3. The highest BCUT2D eigenvalue weighted by Gasteiger charge is 2.25. The lowest BCUT2D eigenvalue weighted by Crippen LogP contribution is -2.37. The van der Waals surface area contributed by atoms with E-state index in [2.05, 4.69) is 26.6 Å². The molecule has 2 amide bonds. The summed E-state index contributed by atoms with van der Waals surface area (Å²) in [5.41, 5.74) is 2.22. The monoisotopic (exact) mass is 457 g/mol. The smallest absolute Gasteiger partial charge is 0.311 e. The first-order valence-electron chi connectivity index (χ1n) is 9.05. The van der Waals surface area contributed by atoms with Gasteiger partial charge in [0.2, 0.25) is 5.91 Å². The van der Waals surface area contributed by atoms with Crippen LogP contribution in [0, 0.1) is 0 Å². The molecule has 0 saturated carbocycles. The first-order valence-corrected chi connectivity index (χ1v) is 9.84. The Morgan fingerprint density at radius 1 is 1.17 bits per heavy atom. The van der Waals surface area contributed by atoms with Gasteiger partial charge in [-0.25, -0.2) is 0 Å². The van der Waals surface area contributed by atoms with Crippen molar-refractivity contribution in [2.45, 2.75) is 13.3 Å². The largest absolute Gasteiger partial charge is 0.466 e. The van der Waals surface area contributed by atoms with Crippen LogP contribution in [-0.4, -0.2) is 30.9 Å². The van der Waals surface area contributed by atoms with E-state index in [1.54, 1.807) is 43.3 Å². The molecule has 0 fully saturated rings. The SMILES string of the molecule is CCOC(=O)CC1=CC(=O)N(CC(=O)Nc2cccc(Br)c2)c2ccccc2N1. The third-order valence-electron chi connectivity index (χ3n) is 4.10. The van der Waals surface area contributed by atoms with Crippen LogP contribution in [0.15, 0.2) is 64.8 Å². The van der Waals surface area contributed by atoms with Gasteiger partial charge >= 0.3 is 5.97 Å². The van der Waals surface area contributed by atoms with Gasteiger partial charge in [-0.1, -0.05) is 34.1 Å². The molecule has 0 atom stereocenters. The fourth-order valence-electron chi connectivity index (χ4n) is 2.91. The quantitative estimate of drug-likeness (QED) is 0.645. The highest BCUT2D eigenvalue weighted by atomic mass is 79.9. The molecule has 150 valence electrons. The maximum absolute atomic E-state index is 12.8. The van der Waals surface area contributed by atoms with Crippen LogP contribution in [0.5, 0.6) is 0 Å². The predicted octanol–water partition coefficient (Wildman–Crippen LogP) is 3.68. The average Bonchev–Trinajstić information content (AvgIpc) is 2.78. The number of ether oxygens (including phenoxy) is 1. The van der Waals surface area contributed by atoms with E-state index in [1.807, 2.05) is 12.1 Å². The number of fused-ring (bicyclic) bond motifs is 1. The molecular formula is C21H20BrN3O4. The van der Waals surface area contributed by atoms with Gasteiger partial charge < -0.3 is 15.4 Å². The Morgan fingerprint density at radius 3 is 2.72 bits per heavy atom. The maximum Gasteiger partial charge on any atom is 0.311 e. The molecule has 2 aromatic carbocycles. The van der Waals surface area contributed by atoms with Gasteiger partial charge in [-0.2, -0.15) is 0 Å². The Morgan fingerprint density at radius 2 is 1.97 bits per heavy atom. The van der Waals surface area contributed by atoms with Crippen LogP contribution in [-0.2, 0) is 19.1 Å². The van der Waals surface area contributed by atoms with Gasteiger partial charge in [0, 0.05) is 21.9 Å². The second-order valence-electron chi connectivity index (χ2n) is 6.28. The summed E-state index contributed by atoms with van der Waals surface area (Å²) in [6.45, 7) is 1.81. The molecule has 0 saturated heterocycles. The number of hydrogen-bond donors (Lipinski definition) is 2. The van der Waals surface area contributed by atoms with E-state index < -0.39 is 11.9 Å². The van der Waals surface area contributed by atoms with E-state index in [0.717, 1.165) is 4.47 Å². The van der Waals surface area contributed by atoms with Gasteiger partial charge in [-0.3, -0.25) is 19.3 Å². The van der Waals surface area contributed by atoms with E-state index in [9.17, 15) is 14.4 Å². The third-order valence-corrected chi connectivity index (χ3v) is 4.60. The lowest BCUT2D eigenvalue weighted by atomic mass is 10.2. The second kappa shape index (κ2) is 9.38. The van der Waals surface area contributed by atoms with E-state index in [4.69, 9.17) is 4.74 Å². The Hall–Kier alpha value is -3.13. The number of hydrogen-bond acceptors (Lipinski definition) is 5. The normalized spacial score (nSPS) is 13.0. The molecule has 0 bridgehead atoms. The van der Waals surface area contributed by atoms with Gasteiger partial charge in [0.05, 0.1) is 24.4 Å². The van der Waals surface area contributed by atoms with Crippen molar-refractivity contribution in [2.24, 2.45) is 0 Å². The summed E-state index contributed by atoms with van der Waals surface area (Å²) in [6.07, 6.45) is 1.26. The molecule has 1 aliphatic rings. The van der Waals surface area contributed by atoms with Crippen LogP contribution in [0.4, 0.5) is 17.1 Å². The summed E-state index contributed by atoms with van der Waals surface area (Å²) in [4.78, 5) is 38.6. The molecule has 1 aliphatic heterocycles. The van der Waals surface area contributed by atoms with Crippen LogP contribution in [0.1, 0.15) is 13.3 Å². The molecule has 0 spiro atoms. The number of rotatable bonds is 6. The minimum Gasteiger partial charge on any atom is -0.466 e. The van der Waals surface area contributed by atoms with Gasteiger partial charge in [-0.05, 0) is 37.3 Å². The van der Waals surface area contributed by atoms with Crippen molar-refractivity contribution in [3.05, 3.63) is 64.8 Å². The van der Waals surface area contributed by atoms with Gasteiger partial charge in [-0.15, -0.1) is 0 Å². The molecule has 2 N–H and O–H groups in total. The number of carbonyl (C=O) groups excluding carboxylic acids is 3. The fraction of sp³-hybridized carbons (Fsp3) is 0.190. The number of carbonyl (C=O) groups is 3. The molecule has 29 heavy (non-hydrogen) atoms. The molecule has 2 aromatic rings. The molecule has 0 unspecified atom stereocenters. The first kappa shape index (κ1) is 20.6. The Balaban J connectivity index is 1.81. The molecule has 0 aromatic heterocycles. The minimum atomic E-state index is -0.433. The van der Waals surface area contributed by atoms with Gasteiger partial charge in [0.25, 0.3) is 5.91 Å². The van der Waals surface area contributed by atoms with Crippen molar-refractivity contribution >= 4 is 50.8 Å². The van der Waals surface area contributed by atoms with Crippen molar-refractivity contribution in [2.75, 3.05) is 28.7 Å². The highest BCUT2D eigenvalue weighted by molar-refractivity contribution is 9.10. The zero-order valence-electron chi connectivity index (χ0n) is 15.8. The summed E-state index contributed by atoms with van der Waals surface area (Å²) in [5.74, 6) is -1.17. The minimum absolute atomic E-state index is 0.0635. The zero-order valence-corrected chi connectivity index (χ0v) is 17.4. The van der Waals surface area contributed by atoms with Crippen LogP contribution in [0.2, 0.25) is 0 Å². The number of halogens is 1. The lowest BCUT2D eigenvalue weighted by molar-refractivity contribution is -0.142. The van der Waals surface area contributed by atoms with Crippen molar-refractivity contribution in [1.29, 1.82) is 0 Å². The number of benzene rings is 2. The number of nitrogens with one attached hydrogen (secondary N) is 2. The molecule has 7 nitrogen and oxygen atoms in total. The van der Waals surface area contributed by atoms with E-state index >= 15 is 0 Å². The molecule has 8 heteroatoms. The van der Waals surface area contributed by atoms with Crippen molar-refractivity contribution in [3.63, 3.8) is 0 Å². The average molecular weight is 458 g/mol. The molecule has 3 rings (SSSR count). The number of nitrogens with zero attached hydrogens (tertiary/aromatic N) is 1.